The van der Waals surface area contributed by atoms with Gasteiger partial charge in [-0.1, -0.05) is 19.1 Å². The van der Waals surface area contributed by atoms with E-state index < -0.39 is 0 Å². The highest BCUT2D eigenvalue weighted by Gasteiger charge is 2.19. The summed E-state index contributed by atoms with van der Waals surface area (Å²) >= 11 is 3.43. The number of hydrogen-bond donors (Lipinski definition) is 1. The minimum absolute atomic E-state index is 0.000995. The highest BCUT2D eigenvalue weighted by atomic mass is 79.9. The number of aryl methyl sites for hydroxylation is 2. The minimum atomic E-state index is -0.130. The van der Waals surface area contributed by atoms with E-state index in [2.05, 4.69) is 28.2 Å². The van der Waals surface area contributed by atoms with E-state index in [1.54, 1.807) is 20.1 Å². The Bertz CT molecular complexity index is 571. The molecule has 0 aliphatic rings. The van der Waals surface area contributed by atoms with E-state index in [0.717, 1.165) is 24.1 Å². The molecule has 1 aromatic carbocycles. The molecule has 0 spiro atoms. The lowest BCUT2D eigenvalue weighted by molar-refractivity contribution is 0.523. The fourth-order valence-corrected chi connectivity index (χ4v) is 2.82. The molecule has 0 fully saturated rings. The van der Waals surface area contributed by atoms with Crippen molar-refractivity contribution in [3.05, 3.63) is 57.2 Å². The van der Waals surface area contributed by atoms with E-state index in [-0.39, 0.29) is 11.9 Å². The predicted molar refractivity (Wildman–Crippen MR) is 82.4 cm³/mol. The van der Waals surface area contributed by atoms with E-state index in [9.17, 15) is 4.39 Å². The fraction of sp³-hybridized carbons (Fsp3) is 0.375. The summed E-state index contributed by atoms with van der Waals surface area (Å²) in [4.78, 5) is 0. The molecule has 1 atom stereocenters. The average Bonchev–Trinajstić information content (AvgIpc) is 2.83. The molecule has 108 valence electrons. The number of hydrogen-bond acceptors (Lipinski definition) is 2. The second kappa shape index (κ2) is 6.55. The van der Waals surface area contributed by atoms with Crippen LogP contribution in [-0.2, 0) is 0 Å². The number of benzene rings is 1. The van der Waals surface area contributed by atoms with Crippen LogP contribution < -0.4 is 5.32 Å². The smallest absolute Gasteiger partial charge is 0.174 e. The zero-order chi connectivity index (χ0) is 14.7. The molecular formula is C16H19BrFNO. The number of furan rings is 1. The number of halogens is 2. The summed E-state index contributed by atoms with van der Waals surface area (Å²) in [6.45, 7) is 6.60. The summed E-state index contributed by atoms with van der Waals surface area (Å²) in [5, 5.41) is 3.49. The Morgan fingerprint density at radius 1 is 1.30 bits per heavy atom. The maximum absolute atomic E-state index is 13.8. The molecule has 20 heavy (non-hydrogen) atoms. The van der Waals surface area contributed by atoms with E-state index in [1.165, 1.54) is 0 Å². The van der Waals surface area contributed by atoms with E-state index in [1.807, 2.05) is 18.2 Å². The van der Waals surface area contributed by atoms with Gasteiger partial charge in [0.15, 0.2) is 4.67 Å². The molecular weight excluding hydrogens is 321 g/mol. The van der Waals surface area contributed by atoms with Gasteiger partial charge in [0, 0.05) is 5.56 Å². The molecule has 0 radical (unpaired) electrons. The van der Waals surface area contributed by atoms with Gasteiger partial charge < -0.3 is 9.73 Å². The molecule has 0 aliphatic heterocycles. The predicted octanol–water partition coefficient (Wildman–Crippen LogP) is 4.89. The Kier molecular flexibility index (Phi) is 5.00. The van der Waals surface area contributed by atoms with Crippen LogP contribution in [0.2, 0.25) is 0 Å². The van der Waals surface area contributed by atoms with Crippen molar-refractivity contribution < 1.29 is 8.81 Å². The van der Waals surface area contributed by atoms with Crippen LogP contribution in [0.3, 0.4) is 0 Å². The van der Waals surface area contributed by atoms with Crippen molar-refractivity contribution in [2.45, 2.75) is 33.2 Å². The monoisotopic (exact) mass is 339 g/mol. The first-order valence-electron chi connectivity index (χ1n) is 6.77. The molecule has 0 saturated heterocycles. The zero-order valence-corrected chi connectivity index (χ0v) is 13.6. The number of rotatable bonds is 5. The second-order valence-electron chi connectivity index (χ2n) is 5.01. The van der Waals surface area contributed by atoms with Crippen LogP contribution in [-0.4, -0.2) is 6.54 Å². The van der Waals surface area contributed by atoms with Gasteiger partial charge in [-0.15, -0.1) is 0 Å². The quantitative estimate of drug-likeness (QED) is 0.839. The van der Waals surface area contributed by atoms with Gasteiger partial charge in [0.1, 0.15) is 5.82 Å². The lowest BCUT2D eigenvalue weighted by atomic mass is 9.97. The molecule has 0 saturated carbocycles. The molecule has 0 bridgehead atoms. The Morgan fingerprint density at radius 3 is 2.45 bits per heavy atom. The van der Waals surface area contributed by atoms with Crippen LogP contribution in [0, 0.1) is 19.7 Å². The van der Waals surface area contributed by atoms with Crippen molar-refractivity contribution in [2.75, 3.05) is 6.54 Å². The zero-order valence-electron chi connectivity index (χ0n) is 12.0. The van der Waals surface area contributed by atoms with Gasteiger partial charge >= 0.3 is 0 Å². The SMILES string of the molecule is CCCNC(c1cc(C)c(F)c(C)c1)c1ccoc1Br. The lowest BCUT2D eigenvalue weighted by Crippen LogP contribution is -2.23. The lowest BCUT2D eigenvalue weighted by Gasteiger charge is -2.20. The number of nitrogens with one attached hydrogen (secondary N) is 1. The third-order valence-corrected chi connectivity index (χ3v) is 3.99. The molecule has 0 amide bonds. The summed E-state index contributed by atoms with van der Waals surface area (Å²) in [6.07, 6.45) is 2.69. The Hall–Kier alpha value is -1.13. The van der Waals surface area contributed by atoms with Crippen molar-refractivity contribution in [1.29, 1.82) is 0 Å². The van der Waals surface area contributed by atoms with Gasteiger partial charge in [-0.2, -0.15) is 0 Å². The third kappa shape index (κ3) is 3.13. The maximum atomic E-state index is 13.8. The Morgan fingerprint density at radius 2 is 1.95 bits per heavy atom. The highest BCUT2D eigenvalue weighted by molar-refractivity contribution is 9.10. The van der Waals surface area contributed by atoms with Gasteiger partial charge in [-0.05, 0) is 65.5 Å². The molecule has 4 heteroatoms. The largest absolute Gasteiger partial charge is 0.457 e. The standard InChI is InChI=1S/C16H19BrFNO/c1-4-6-19-15(13-5-7-20-16(13)17)12-8-10(2)14(18)11(3)9-12/h5,7-9,15,19H,4,6H2,1-3H3. The van der Waals surface area contributed by atoms with Crippen LogP contribution in [0.5, 0.6) is 0 Å². The first kappa shape index (κ1) is 15.3. The van der Waals surface area contributed by atoms with Crippen LogP contribution in [0.4, 0.5) is 4.39 Å². The van der Waals surface area contributed by atoms with Crippen molar-refractivity contribution in [2.24, 2.45) is 0 Å². The van der Waals surface area contributed by atoms with Gasteiger partial charge in [-0.25, -0.2) is 4.39 Å². The van der Waals surface area contributed by atoms with Gasteiger partial charge in [0.25, 0.3) is 0 Å². The second-order valence-corrected chi connectivity index (χ2v) is 5.73. The van der Waals surface area contributed by atoms with Crippen LogP contribution in [0.25, 0.3) is 0 Å². The third-order valence-electron chi connectivity index (χ3n) is 3.35. The highest BCUT2D eigenvalue weighted by Crippen LogP contribution is 2.31. The maximum Gasteiger partial charge on any atom is 0.174 e. The molecule has 1 unspecified atom stereocenters. The molecule has 2 aromatic rings. The molecule has 1 aromatic heterocycles. The van der Waals surface area contributed by atoms with E-state index in [4.69, 9.17) is 4.42 Å². The average molecular weight is 340 g/mol. The normalized spacial score (nSPS) is 12.7. The topological polar surface area (TPSA) is 25.2 Å². The molecule has 2 nitrogen and oxygen atoms in total. The van der Waals surface area contributed by atoms with Crippen LogP contribution >= 0.6 is 15.9 Å². The Labute approximate surface area is 127 Å². The Balaban J connectivity index is 2.44. The summed E-state index contributed by atoms with van der Waals surface area (Å²) in [6, 6.07) is 5.73. The van der Waals surface area contributed by atoms with Gasteiger partial charge in [-0.3, -0.25) is 0 Å². The fourth-order valence-electron chi connectivity index (χ4n) is 2.35. The van der Waals surface area contributed by atoms with Gasteiger partial charge in [0.05, 0.1) is 12.3 Å². The van der Waals surface area contributed by atoms with Crippen LogP contribution in [0.1, 0.15) is 41.6 Å². The van der Waals surface area contributed by atoms with Crippen molar-refractivity contribution >= 4 is 15.9 Å². The van der Waals surface area contributed by atoms with Crippen molar-refractivity contribution in [1.82, 2.24) is 5.32 Å². The van der Waals surface area contributed by atoms with E-state index >= 15 is 0 Å². The summed E-state index contributed by atoms with van der Waals surface area (Å²) < 4.78 is 19.8. The summed E-state index contributed by atoms with van der Waals surface area (Å²) in [7, 11) is 0. The molecule has 0 aliphatic carbocycles. The molecule has 1 N–H and O–H groups in total. The van der Waals surface area contributed by atoms with Crippen molar-refractivity contribution in [3.63, 3.8) is 0 Å². The first-order chi connectivity index (χ1) is 9.54. The molecule has 1 heterocycles. The molecule has 2 rings (SSSR count). The van der Waals surface area contributed by atoms with Crippen LogP contribution in [0.15, 0.2) is 33.5 Å². The summed E-state index contributed by atoms with van der Waals surface area (Å²) in [5.41, 5.74) is 3.42. The summed E-state index contributed by atoms with van der Waals surface area (Å²) in [5.74, 6) is -0.130. The van der Waals surface area contributed by atoms with E-state index in [0.29, 0.717) is 15.8 Å². The van der Waals surface area contributed by atoms with Crippen molar-refractivity contribution in [3.8, 4) is 0 Å². The first-order valence-corrected chi connectivity index (χ1v) is 7.56. The van der Waals surface area contributed by atoms with Gasteiger partial charge in [0.2, 0.25) is 0 Å². The minimum Gasteiger partial charge on any atom is -0.457 e.